The van der Waals surface area contributed by atoms with Crippen molar-refractivity contribution in [3.63, 3.8) is 0 Å². The lowest BCUT2D eigenvalue weighted by Gasteiger charge is -2.09. The molecular weight excluding hydrogens is 255 g/mol. The van der Waals surface area contributed by atoms with Crippen LogP contribution in [0.1, 0.15) is 11.3 Å². The molecule has 0 unspecified atom stereocenters. The molecule has 2 N–H and O–H groups in total. The minimum absolute atomic E-state index is 0.0348. The summed E-state index contributed by atoms with van der Waals surface area (Å²) in [6.07, 6.45) is 1.68. The predicted molar refractivity (Wildman–Crippen MR) is 67.9 cm³/mol. The van der Waals surface area contributed by atoms with E-state index in [1.54, 1.807) is 6.20 Å². The summed E-state index contributed by atoms with van der Waals surface area (Å²) in [5.74, 6) is 0.0273. The Hall–Kier alpha value is -1.65. The average molecular weight is 267 g/mol. The fourth-order valence-electron chi connectivity index (χ4n) is 1.51. The van der Waals surface area contributed by atoms with E-state index >= 15 is 0 Å². The molecule has 0 fully saturated rings. The van der Waals surface area contributed by atoms with Gasteiger partial charge in [-0.2, -0.15) is 0 Å². The molecule has 1 aromatic heterocycles. The van der Waals surface area contributed by atoms with E-state index in [1.807, 2.05) is 12.1 Å². The molecule has 1 heterocycles. The second-order valence-electron chi connectivity index (χ2n) is 3.68. The molecule has 0 aliphatic carbocycles. The first-order valence-corrected chi connectivity index (χ1v) is 5.79. The molecule has 0 saturated carbocycles. The topological polar surface area (TPSA) is 48.1 Å². The molecular formula is C13H12ClFN2O. The molecule has 94 valence electrons. The highest BCUT2D eigenvalue weighted by Crippen LogP contribution is 2.22. The van der Waals surface area contributed by atoms with Crippen molar-refractivity contribution >= 4 is 11.6 Å². The molecule has 0 atom stereocenters. The highest BCUT2D eigenvalue weighted by Gasteiger charge is 2.05. The van der Waals surface area contributed by atoms with Crippen LogP contribution in [-0.2, 0) is 13.2 Å². The first-order chi connectivity index (χ1) is 8.70. The van der Waals surface area contributed by atoms with Gasteiger partial charge in [-0.3, -0.25) is 4.98 Å². The predicted octanol–water partition coefficient (Wildman–Crippen LogP) is 2.91. The lowest BCUT2D eigenvalue weighted by atomic mass is 10.2. The summed E-state index contributed by atoms with van der Waals surface area (Å²) in [6, 6.07) is 7.93. The molecule has 0 aliphatic heterocycles. The van der Waals surface area contributed by atoms with Crippen LogP contribution in [0, 0.1) is 5.82 Å². The van der Waals surface area contributed by atoms with E-state index < -0.39 is 5.82 Å². The number of benzene rings is 1. The van der Waals surface area contributed by atoms with E-state index in [0.29, 0.717) is 12.3 Å². The molecule has 0 amide bonds. The third kappa shape index (κ3) is 2.97. The maximum Gasteiger partial charge on any atom is 0.142 e. The summed E-state index contributed by atoms with van der Waals surface area (Å²) in [5.41, 5.74) is 7.28. The Morgan fingerprint density at radius 3 is 2.89 bits per heavy atom. The van der Waals surface area contributed by atoms with E-state index in [1.165, 1.54) is 18.2 Å². The number of nitrogens with zero attached hydrogens (tertiary/aromatic N) is 1. The van der Waals surface area contributed by atoms with Gasteiger partial charge >= 0.3 is 0 Å². The van der Waals surface area contributed by atoms with Crippen LogP contribution >= 0.6 is 11.6 Å². The number of halogens is 2. The van der Waals surface area contributed by atoms with Crippen LogP contribution in [0.5, 0.6) is 5.75 Å². The van der Waals surface area contributed by atoms with Crippen molar-refractivity contribution in [1.29, 1.82) is 0 Å². The van der Waals surface area contributed by atoms with Gasteiger partial charge < -0.3 is 10.5 Å². The van der Waals surface area contributed by atoms with Crippen molar-refractivity contribution in [1.82, 2.24) is 4.98 Å². The van der Waals surface area contributed by atoms with Crippen LogP contribution in [0.25, 0.3) is 0 Å². The Bertz CT molecular complexity index is 548. The van der Waals surface area contributed by atoms with E-state index in [9.17, 15) is 4.39 Å². The fourth-order valence-corrected chi connectivity index (χ4v) is 1.68. The Kier molecular flexibility index (Phi) is 4.12. The second kappa shape index (κ2) is 5.80. The van der Waals surface area contributed by atoms with Crippen LogP contribution in [0.3, 0.4) is 0 Å². The van der Waals surface area contributed by atoms with Gasteiger partial charge in [-0.05, 0) is 23.8 Å². The molecule has 18 heavy (non-hydrogen) atoms. The first-order valence-electron chi connectivity index (χ1n) is 5.41. The molecule has 5 heteroatoms. The van der Waals surface area contributed by atoms with Crippen molar-refractivity contribution in [2.75, 3.05) is 0 Å². The Labute approximate surface area is 109 Å². The van der Waals surface area contributed by atoms with Crippen molar-refractivity contribution in [3.8, 4) is 5.75 Å². The highest BCUT2D eigenvalue weighted by atomic mass is 35.5. The fraction of sp³-hybridized carbons (Fsp3) is 0.154. The van der Waals surface area contributed by atoms with Crippen molar-refractivity contribution in [2.45, 2.75) is 13.2 Å². The summed E-state index contributed by atoms with van der Waals surface area (Å²) in [6.45, 7) is 0.673. The average Bonchev–Trinajstić information content (AvgIpc) is 2.40. The minimum atomic E-state index is -0.468. The first kappa shape index (κ1) is 12.8. The van der Waals surface area contributed by atoms with Crippen LogP contribution in [0.15, 0.2) is 36.5 Å². The summed E-state index contributed by atoms with van der Waals surface area (Å²) in [5, 5.41) is 0.0348. The maximum atomic E-state index is 13.0. The monoisotopic (exact) mass is 266 g/mol. The van der Waals surface area contributed by atoms with Gasteiger partial charge in [0, 0.05) is 18.8 Å². The maximum absolute atomic E-state index is 13.0. The lowest BCUT2D eigenvalue weighted by Crippen LogP contribution is -2.06. The Morgan fingerprint density at radius 1 is 1.33 bits per heavy atom. The summed E-state index contributed by atoms with van der Waals surface area (Å²) >= 11 is 5.66. The smallest absolute Gasteiger partial charge is 0.142 e. The molecule has 1 aromatic carbocycles. The van der Waals surface area contributed by atoms with Gasteiger partial charge in [-0.25, -0.2) is 4.39 Å². The zero-order valence-electron chi connectivity index (χ0n) is 9.57. The number of aromatic nitrogens is 1. The van der Waals surface area contributed by atoms with Crippen molar-refractivity contribution < 1.29 is 9.13 Å². The molecule has 2 aromatic rings. The molecule has 0 spiro atoms. The number of hydrogen-bond acceptors (Lipinski definition) is 3. The normalized spacial score (nSPS) is 10.4. The van der Waals surface area contributed by atoms with E-state index in [-0.39, 0.29) is 11.6 Å². The number of pyridine rings is 1. The summed E-state index contributed by atoms with van der Waals surface area (Å²) in [7, 11) is 0. The minimum Gasteiger partial charge on any atom is -0.487 e. The quantitative estimate of drug-likeness (QED) is 0.926. The van der Waals surface area contributed by atoms with Gasteiger partial charge in [0.1, 0.15) is 18.2 Å². The third-order valence-electron chi connectivity index (χ3n) is 2.47. The van der Waals surface area contributed by atoms with Gasteiger partial charge in [0.2, 0.25) is 0 Å². The van der Waals surface area contributed by atoms with Gasteiger partial charge in [-0.1, -0.05) is 17.7 Å². The van der Waals surface area contributed by atoms with Gasteiger partial charge in [-0.15, -0.1) is 0 Å². The van der Waals surface area contributed by atoms with Crippen LogP contribution in [-0.4, -0.2) is 4.98 Å². The highest BCUT2D eigenvalue weighted by molar-refractivity contribution is 6.30. The third-order valence-corrected chi connectivity index (χ3v) is 2.76. The van der Waals surface area contributed by atoms with Gasteiger partial charge in [0.15, 0.2) is 0 Å². The van der Waals surface area contributed by atoms with E-state index in [0.717, 1.165) is 11.3 Å². The molecule has 3 nitrogen and oxygen atoms in total. The van der Waals surface area contributed by atoms with E-state index in [2.05, 4.69) is 4.98 Å². The van der Waals surface area contributed by atoms with Crippen molar-refractivity contribution in [2.24, 2.45) is 5.73 Å². The lowest BCUT2D eigenvalue weighted by molar-refractivity contribution is 0.299. The molecule has 0 saturated heterocycles. The van der Waals surface area contributed by atoms with Crippen LogP contribution < -0.4 is 10.5 Å². The second-order valence-corrected chi connectivity index (χ2v) is 4.09. The Morgan fingerprint density at radius 2 is 2.17 bits per heavy atom. The SMILES string of the molecule is NCc1cccnc1COc1ccc(F)c(Cl)c1. The number of hydrogen-bond donors (Lipinski definition) is 1. The number of rotatable bonds is 4. The summed E-state index contributed by atoms with van der Waals surface area (Å²) < 4.78 is 18.5. The zero-order chi connectivity index (χ0) is 13.0. The molecule has 0 bridgehead atoms. The molecule has 0 aliphatic rings. The van der Waals surface area contributed by atoms with Gasteiger partial charge in [0.05, 0.1) is 10.7 Å². The standard InChI is InChI=1S/C13H12ClFN2O/c14-11-6-10(3-4-12(11)15)18-8-13-9(7-16)2-1-5-17-13/h1-6H,7-8,16H2. The van der Waals surface area contributed by atoms with Crippen LogP contribution in [0.4, 0.5) is 4.39 Å². The molecule has 0 radical (unpaired) electrons. The van der Waals surface area contributed by atoms with Gasteiger partial charge in [0.25, 0.3) is 0 Å². The van der Waals surface area contributed by atoms with Crippen molar-refractivity contribution in [3.05, 3.63) is 58.6 Å². The van der Waals surface area contributed by atoms with Crippen LogP contribution in [0.2, 0.25) is 5.02 Å². The largest absolute Gasteiger partial charge is 0.487 e. The number of nitrogens with two attached hydrogens (primary N) is 1. The van der Waals surface area contributed by atoms with E-state index in [4.69, 9.17) is 22.1 Å². The Balaban J connectivity index is 2.09. The summed E-state index contributed by atoms with van der Waals surface area (Å²) in [4.78, 5) is 4.19. The molecule has 2 rings (SSSR count). The number of ether oxygens (including phenoxy) is 1. The zero-order valence-corrected chi connectivity index (χ0v) is 10.3.